The number of rotatable bonds is 6. The van der Waals surface area contributed by atoms with Crippen LogP contribution in [0.5, 0.6) is 5.75 Å². The third-order valence-electron chi connectivity index (χ3n) is 2.95. The van der Waals surface area contributed by atoms with E-state index in [1.54, 1.807) is 30.3 Å². The van der Waals surface area contributed by atoms with Gasteiger partial charge in [0.25, 0.3) is 10.1 Å². The van der Waals surface area contributed by atoms with Gasteiger partial charge in [0.2, 0.25) is 5.78 Å². The number of benzene rings is 2. The molecule has 0 aliphatic rings. The maximum atomic E-state index is 12.1. The summed E-state index contributed by atoms with van der Waals surface area (Å²) in [6, 6.07) is 12.3. The SMILES string of the molecule is C=Cc1ccc(OCC(=O)c2ccccc2S(=O)(=O)O)cc1. The standard InChI is InChI=1S/C16H14O5S/c1-2-12-7-9-13(10-8-12)21-11-15(17)14-5-3-4-6-16(14)22(18,19)20/h2-10H,1,11H2,(H,18,19,20). The van der Waals surface area contributed by atoms with Crippen LogP contribution < -0.4 is 4.74 Å². The first-order valence-electron chi connectivity index (χ1n) is 6.37. The Hall–Kier alpha value is -2.44. The Morgan fingerprint density at radius 1 is 1.14 bits per heavy atom. The highest BCUT2D eigenvalue weighted by molar-refractivity contribution is 7.86. The molecule has 2 rings (SSSR count). The van der Waals surface area contributed by atoms with Crippen molar-refractivity contribution >= 4 is 22.0 Å². The van der Waals surface area contributed by atoms with Crippen molar-refractivity contribution in [2.24, 2.45) is 0 Å². The molecule has 0 fully saturated rings. The highest BCUT2D eigenvalue weighted by atomic mass is 32.2. The van der Waals surface area contributed by atoms with Gasteiger partial charge in [0.05, 0.1) is 0 Å². The number of ether oxygens (including phenoxy) is 1. The van der Waals surface area contributed by atoms with Crippen LogP contribution in [0.2, 0.25) is 0 Å². The summed E-state index contributed by atoms with van der Waals surface area (Å²) in [5.74, 6) is -0.0655. The van der Waals surface area contributed by atoms with E-state index in [1.807, 2.05) is 0 Å². The number of hydrogen-bond donors (Lipinski definition) is 1. The van der Waals surface area contributed by atoms with E-state index in [-0.39, 0.29) is 12.2 Å². The van der Waals surface area contributed by atoms with Crippen LogP contribution in [0.1, 0.15) is 15.9 Å². The highest BCUT2D eigenvalue weighted by Gasteiger charge is 2.19. The second-order valence-electron chi connectivity index (χ2n) is 4.46. The second kappa shape index (κ2) is 6.55. The molecule has 0 saturated heterocycles. The van der Waals surface area contributed by atoms with Crippen LogP contribution in [-0.4, -0.2) is 25.4 Å². The number of Topliss-reactive ketones (excluding diaryl/α,β-unsaturated/α-hetero) is 1. The van der Waals surface area contributed by atoms with Crippen molar-refractivity contribution in [3.8, 4) is 5.75 Å². The molecule has 0 aliphatic carbocycles. The van der Waals surface area contributed by atoms with Crippen LogP contribution in [0.3, 0.4) is 0 Å². The van der Waals surface area contributed by atoms with Crippen LogP contribution >= 0.6 is 0 Å². The lowest BCUT2D eigenvalue weighted by Crippen LogP contribution is -2.15. The normalized spacial score (nSPS) is 11.0. The smallest absolute Gasteiger partial charge is 0.295 e. The Morgan fingerprint density at radius 2 is 1.77 bits per heavy atom. The lowest BCUT2D eigenvalue weighted by molar-refractivity contribution is 0.0918. The largest absolute Gasteiger partial charge is 0.485 e. The molecule has 0 saturated carbocycles. The molecule has 0 radical (unpaired) electrons. The number of carbonyl (C=O) groups is 1. The maximum Gasteiger partial charge on any atom is 0.295 e. The zero-order chi connectivity index (χ0) is 16.2. The molecule has 2 aromatic carbocycles. The third kappa shape index (κ3) is 3.81. The third-order valence-corrected chi connectivity index (χ3v) is 3.86. The quantitative estimate of drug-likeness (QED) is 0.654. The molecule has 1 N–H and O–H groups in total. The summed E-state index contributed by atoms with van der Waals surface area (Å²) in [5.41, 5.74) is 0.808. The van der Waals surface area contributed by atoms with Crippen molar-refractivity contribution in [1.82, 2.24) is 0 Å². The van der Waals surface area contributed by atoms with Crippen LogP contribution in [0, 0.1) is 0 Å². The molecule has 6 heteroatoms. The van der Waals surface area contributed by atoms with Gasteiger partial charge in [-0.25, -0.2) is 0 Å². The minimum absolute atomic E-state index is 0.104. The van der Waals surface area contributed by atoms with Gasteiger partial charge in [-0.2, -0.15) is 8.42 Å². The molecule has 2 aromatic rings. The molecule has 0 atom stereocenters. The van der Waals surface area contributed by atoms with Crippen LogP contribution in [0.15, 0.2) is 60.0 Å². The van der Waals surface area contributed by atoms with Gasteiger partial charge in [0.1, 0.15) is 10.6 Å². The van der Waals surface area contributed by atoms with Crippen LogP contribution in [0.25, 0.3) is 6.08 Å². The molecule has 0 bridgehead atoms. The summed E-state index contributed by atoms with van der Waals surface area (Å²) < 4.78 is 37.0. The summed E-state index contributed by atoms with van der Waals surface area (Å²) >= 11 is 0. The Balaban J connectivity index is 2.14. The van der Waals surface area contributed by atoms with Crippen LogP contribution in [0.4, 0.5) is 0 Å². The zero-order valence-corrected chi connectivity index (χ0v) is 12.4. The molecule has 0 aromatic heterocycles. The molecule has 0 heterocycles. The molecule has 0 aliphatic heterocycles. The average molecular weight is 318 g/mol. The van der Waals surface area contributed by atoms with E-state index >= 15 is 0 Å². The number of carbonyl (C=O) groups excluding carboxylic acids is 1. The first-order chi connectivity index (χ1) is 10.4. The van der Waals surface area contributed by atoms with Gasteiger partial charge in [-0.05, 0) is 29.8 Å². The minimum Gasteiger partial charge on any atom is -0.485 e. The molecule has 5 nitrogen and oxygen atoms in total. The summed E-state index contributed by atoms with van der Waals surface area (Å²) in [4.78, 5) is 11.7. The van der Waals surface area contributed by atoms with E-state index in [0.717, 1.165) is 5.56 Å². The van der Waals surface area contributed by atoms with Crippen molar-refractivity contribution in [2.75, 3.05) is 6.61 Å². The molecule has 0 unspecified atom stereocenters. The molecular weight excluding hydrogens is 304 g/mol. The fraction of sp³-hybridized carbons (Fsp3) is 0.0625. The summed E-state index contributed by atoms with van der Waals surface area (Å²) in [7, 11) is -4.46. The van der Waals surface area contributed by atoms with Gasteiger partial charge in [-0.15, -0.1) is 0 Å². The Morgan fingerprint density at radius 3 is 2.36 bits per heavy atom. The fourth-order valence-corrected chi connectivity index (χ4v) is 2.56. The van der Waals surface area contributed by atoms with E-state index in [0.29, 0.717) is 5.75 Å². The molecule has 0 spiro atoms. The van der Waals surface area contributed by atoms with Gasteiger partial charge >= 0.3 is 0 Å². The summed E-state index contributed by atoms with van der Waals surface area (Å²) in [5, 5.41) is 0. The van der Waals surface area contributed by atoms with Crippen molar-refractivity contribution in [3.63, 3.8) is 0 Å². The summed E-state index contributed by atoms with van der Waals surface area (Å²) in [6.45, 7) is 3.30. The van der Waals surface area contributed by atoms with E-state index in [9.17, 15) is 13.2 Å². The topological polar surface area (TPSA) is 80.7 Å². The predicted molar refractivity (Wildman–Crippen MR) is 82.6 cm³/mol. The Kier molecular flexibility index (Phi) is 4.75. The lowest BCUT2D eigenvalue weighted by atomic mass is 10.1. The van der Waals surface area contributed by atoms with E-state index in [2.05, 4.69) is 6.58 Å². The van der Waals surface area contributed by atoms with Gasteiger partial charge < -0.3 is 4.74 Å². The Bertz CT molecular complexity index is 792. The van der Waals surface area contributed by atoms with E-state index in [1.165, 1.54) is 24.3 Å². The van der Waals surface area contributed by atoms with E-state index in [4.69, 9.17) is 9.29 Å². The molecule has 114 valence electrons. The maximum absolute atomic E-state index is 12.1. The van der Waals surface area contributed by atoms with Crippen molar-refractivity contribution in [1.29, 1.82) is 0 Å². The predicted octanol–water partition coefficient (Wildman–Crippen LogP) is 2.84. The van der Waals surface area contributed by atoms with Crippen molar-refractivity contribution in [3.05, 3.63) is 66.2 Å². The minimum atomic E-state index is -4.46. The fourth-order valence-electron chi connectivity index (χ4n) is 1.85. The summed E-state index contributed by atoms with van der Waals surface area (Å²) in [6.07, 6.45) is 1.68. The number of hydrogen-bond acceptors (Lipinski definition) is 4. The van der Waals surface area contributed by atoms with Gasteiger partial charge in [0, 0.05) is 5.56 Å². The van der Waals surface area contributed by atoms with E-state index < -0.39 is 20.8 Å². The van der Waals surface area contributed by atoms with Gasteiger partial charge in [-0.3, -0.25) is 9.35 Å². The van der Waals surface area contributed by atoms with Crippen LogP contribution in [-0.2, 0) is 10.1 Å². The van der Waals surface area contributed by atoms with Crippen molar-refractivity contribution in [2.45, 2.75) is 4.90 Å². The van der Waals surface area contributed by atoms with Gasteiger partial charge in [0.15, 0.2) is 6.61 Å². The molecule has 22 heavy (non-hydrogen) atoms. The Labute approximate surface area is 128 Å². The zero-order valence-electron chi connectivity index (χ0n) is 11.6. The highest BCUT2D eigenvalue weighted by Crippen LogP contribution is 2.17. The lowest BCUT2D eigenvalue weighted by Gasteiger charge is -2.08. The van der Waals surface area contributed by atoms with Crippen molar-refractivity contribution < 1.29 is 22.5 Å². The second-order valence-corrected chi connectivity index (χ2v) is 5.85. The van der Waals surface area contributed by atoms with Gasteiger partial charge in [-0.1, -0.05) is 36.9 Å². The first kappa shape index (κ1) is 15.9. The monoisotopic (exact) mass is 318 g/mol. The average Bonchev–Trinajstić information content (AvgIpc) is 2.52. The number of ketones is 1. The molecule has 0 amide bonds. The first-order valence-corrected chi connectivity index (χ1v) is 7.81. The molecular formula is C16H14O5S.